The minimum atomic E-state index is -1.02. The zero-order chi connectivity index (χ0) is 27.5. The van der Waals surface area contributed by atoms with E-state index in [1.807, 2.05) is 37.3 Å². The van der Waals surface area contributed by atoms with E-state index in [0.29, 0.717) is 29.4 Å². The Balaban J connectivity index is 1.51. The SMILES string of the molecule is COC(=O)c1ccc(N2C(=O)C(=O)/C(=C(\O)c3ccc(OCc4ccccc4)c(C)c3)C2c2ccco2)cc1. The summed E-state index contributed by atoms with van der Waals surface area (Å²) in [6.07, 6.45) is 1.43. The number of rotatable bonds is 7. The molecule has 1 fully saturated rings. The summed E-state index contributed by atoms with van der Waals surface area (Å²) in [5.74, 6) is -1.62. The number of amides is 1. The molecule has 2 heterocycles. The van der Waals surface area contributed by atoms with Crippen LogP contribution in [0, 0.1) is 6.92 Å². The largest absolute Gasteiger partial charge is 0.507 e. The van der Waals surface area contributed by atoms with Crippen LogP contribution in [0.25, 0.3) is 5.76 Å². The second kappa shape index (κ2) is 10.7. The second-order valence-electron chi connectivity index (χ2n) is 8.98. The number of aryl methyl sites for hydroxylation is 1. The van der Waals surface area contributed by atoms with Crippen LogP contribution in [0.3, 0.4) is 0 Å². The van der Waals surface area contributed by atoms with Crippen molar-refractivity contribution in [2.75, 3.05) is 12.0 Å². The summed E-state index contributed by atoms with van der Waals surface area (Å²) in [6.45, 7) is 2.22. The van der Waals surface area contributed by atoms with Crippen molar-refractivity contribution in [3.05, 3.63) is 125 Å². The molecule has 1 unspecified atom stereocenters. The van der Waals surface area contributed by atoms with Crippen LogP contribution in [0.5, 0.6) is 5.75 Å². The molecule has 1 aliphatic heterocycles. The van der Waals surface area contributed by atoms with Crippen LogP contribution in [0.4, 0.5) is 5.69 Å². The van der Waals surface area contributed by atoms with E-state index in [1.165, 1.54) is 42.5 Å². The summed E-state index contributed by atoms with van der Waals surface area (Å²) >= 11 is 0. The number of ether oxygens (including phenoxy) is 2. The van der Waals surface area contributed by atoms with Gasteiger partial charge in [-0.15, -0.1) is 0 Å². The Morgan fingerprint density at radius 3 is 2.31 bits per heavy atom. The smallest absolute Gasteiger partial charge is 0.337 e. The summed E-state index contributed by atoms with van der Waals surface area (Å²) in [6, 6.07) is 23.1. The number of furan rings is 1. The van der Waals surface area contributed by atoms with Crippen LogP contribution in [0.2, 0.25) is 0 Å². The van der Waals surface area contributed by atoms with Gasteiger partial charge in [0.1, 0.15) is 29.9 Å². The summed E-state index contributed by atoms with van der Waals surface area (Å²) < 4.78 is 16.3. The molecule has 39 heavy (non-hydrogen) atoms. The first kappa shape index (κ1) is 25.5. The summed E-state index contributed by atoms with van der Waals surface area (Å²) in [5, 5.41) is 11.4. The molecule has 1 saturated heterocycles. The van der Waals surface area contributed by atoms with Gasteiger partial charge in [-0.3, -0.25) is 14.5 Å². The van der Waals surface area contributed by atoms with Crippen LogP contribution in [0.1, 0.15) is 38.9 Å². The van der Waals surface area contributed by atoms with E-state index in [0.717, 1.165) is 11.1 Å². The lowest BCUT2D eigenvalue weighted by molar-refractivity contribution is -0.132. The zero-order valence-corrected chi connectivity index (χ0v) is 21.3. The zero-order valence-electron chi connectivity index (χ0n) is 21.3. The van der Waals surface area contributed by atoms with E-state index in [1.54, 1.807) is 30.3 Å². The fourth-order valence-electron chi connectivity index (χ4n) is 4.54. The Morgan fingerprint density at radius 2 is 1.67 bits per heavy atom. The minimum Gasteiger partial charge on any atom is -0.507 e. The number of anilines is 1. The van der Waals surface area contributed by atoms with Crippen LogP contribution in [0.15, 0.2) is 101 Å². The number of carbonyl (C=O) groups is 3. The Hall–Kier alpha value is -5.11. The number of carbonyl (C=O) groups excluding carboxylic acids is 3. The topological polar surface area (TPSA) is 106 Å². The molecule has 1 atom stereocenters. The van der Waals surface area contributed by atoms with Gasteiger partial charge in [-0.05, 0) is 72.6 Å². The fourth-order valence-corrected chi connectivity index (χ4v) is 4.54. The molecule has 4 aromatic rings. The van der Waals surface area contributed by atoms with Crippen molar-refractivity contribution in [3.63, 3.8) is 0 Å². The normalized spacial score (nSPS) is 16.4. The Morgan fingerprint density at radius 1 is 0.949 bits per heavy atom. The molecular formula is C31H25NO7. The van der Waals surface area contributed by atoms with Gasteiger partial charge in [0.25, 0.3) is 11.7 Å². The average molecular weight is 524 g/mol. The van der Waals surface area contributed by atoms with Crippen LogP contribution in [-0.4, -0.2) is 29.9 Å². The summed E-state index contributed by atoms with van der Waals surface area (Å²) in [7, 11) is 1.27. The van der Waals surface area contributed by atoms with Gasteiger partial charge >= 0.3 is 5.97 Å². The molecule has 196 valence electrons. The van der Waals surface area contributed by atoms with Crippen LogP contribution in [-0.2, 0) is 20.9 Å². The van der Waals surface area contributed by atoms with Gasteiger partial charge in [0, 0.05) is 11.3 Å². The lowest BCUT2D eigenvalue weighted by Gasteiger charge is -2.23. The second-order valence-corrected chi connectivity index (χ2v) is 8.98. The third-order valence-electron chi connectivity index (χ3n) is 6.51. The molecule has 1 aliphatic rings. The van der Waals surface area contributed by atoms with Crippen molar-refractivity contribution in [2.24, 2.45) is 0 Å². The highest BCUT2D eigenvalue weighted by atomic mass is 16.5. The molecule has 1 aromatic heterocycles. The maximum atomic E-state index is 13.3. The molecule has 8 nitrogen and oxygen atoms in total. The predicted molar refractivity (Wildman–Crippen MR) is 143 cm³/mol. The van der Waals surface area contributed by atoms with E-state index < -0.39 is 23.7 Å². The number of aliphatic hydroxyl groups excluding tert-OH is 1. The first-order chi connectivity index (χ1) is 18.9. The molecule has 0 spiro atoms. The molecular weight excluding hydrogens is 498 g/mol. The first-order valence-electron chi connectivity index (χ1n) is 12.2. The van der Waals surface area contributed by atoms with E-state index >= 15 is 0 Å². The number of ketones is 1. The van der Waals surface area contributed by atoms with Crippen molar-refractivity contribution in [2.45, 2.75) is 19.6 Å². The lowest BCUT2D eigenvalue weighted by Crippen LogP contribution is -2.29. The third-order valence-corrected chi connectivity index (χ3v) is 6.51. The summed E-state index contributed by atoms with van der Waals surface area (Å²) in [4.78, 5) is 39.6. The Labute approximate surface area is 224 Å². The number of hydrogen-bond acceptors (Lipinski definition) is 7. The molecule has 0 aliphatic carbocycles. The highest BCUT2D eigenvalue weighted by Gasteiger charge is 2.48. The monoisotopic (exact) mass is 523 g/mol. The van der Waals surface area contributed by atoms with Gasteiger partial charge in [-0.2, -0.15) is 0 Å². The number of methoxy groups -OCH3 is 1. The van der Waals surface area contributed by atoms with Gasteiger partial charge in [-0.25, -0.2) is 4.79 Å². The van der Waals surface area contributed by atoms with E-state index in [-0.39, 0.29) is 16.9 Å². The van der Waals surface area contributed by atoms with E-state index in [9.17, 15) is 19.5 Å². The summed E-state index contributed by atoms with van der Waals surface area (Å²) in [5.41, 5.74) is 2.65. The van der Waals surface area contributed by atoms with Crippen molar-refractivity contribution in [1.29, 1.82) is 0 Å². The number of aliphatic hydroxyl groups is 1. The van der Waals surface area contributed by atoms with Crippen molar-refractivity contribution < 1.29 is 33.4 Å². The number of esters is 1. The average Bonchev–Trinajstić information content (AvgIpc) is 3.59. The molecule has 3 aromatic carbocycles. The first-order valence-corrected chi connectivity index (χ1v) is 12.2. The minimum absolute atomic E-state index is 0.107. The number of hydrogen-bond donors (Lipinski definition) is 1. The number of Topliss-reactive ketones (excluding diaryl/α,β-unsaturated/α-hetero) is 1. The van der Waals surface area contributed by atoms with Gasteiger partial charge < -0.3 is 19.0 Å². The fraction of sp³-hybridized carbons (Fsp3) is 0.129. The molecule has 8 heteroatoms. The van der Waals surface area contributed by atoms with Crippen molar-refractivity contribution >= 4 is 29.1 Å². The molecule has 1 N–H and O–H groups in total. The van der Waals surface area contributed by atoms with E-state index in [2.05, 4.69) is 0 Å². The van der Waals surface area contributed by atoms with Crippen LogP contribution >= 0.6 is 0 Å². The van der Waals surface area contributed by atoms with Crippen LogP contribution < -0.4 is 9.64 Å². The quantitative estimate of drug-likeness (QED) is 0.146. The van der Waals surface area contributed by atoms with Gasteiger partial charge in [0.05, 0.1) is 24.5 Å². The Kier molecular flexibility index (Phi) is 7.01. The lowest BCUT2D eigenvalue weighted by atomic mass is 9.98. The predicted octanol–water partition coefficient (Wildman–Crippen LogP) is 5.58. The molecule has 0 bridgehead atoms. The maximum Gasteiger partial charge on any atom is 0.337 e. The Bertz CT molecular complexity index is 1550. The van der Waals surface area contributed by atoms with Crippen molar-refractivity contribution in [1.82, 2.24) is 0 Å². The maximum absolute atomic E-state index is 13.3. The van der Waals surface area contributed by atoms with Gasteiger partial charge in [0.2, 0.25) is 0 Å². The number of nitrogens with zero attached hydrogens (tertiary/aromatic N) is 1. The molecule has 0 saturated carbocycles. The van der Waals surface area contributed by atoms with Gasteiger partial charge in [0.15, 0.2) is 0 Å². The molecule has 5 rings (SSSR count). The standard InChI is InChI=1S/C31H25NO7/c1-19-17-22(12-15-24(19)39-18-20-7-4-3-5-8-20)28(33)26-27(25-9-6-16-38-25)32(30(35)29(26)34)23-13-10-21(11-14-23)31(36)37-2/h3-17,27,33H,18H2,1-2H3/b28-26-. The third kappa shape index (κ3) is 4.92. The highest BCUT2D eigenvalue weighted by molar-refractivity contribution is 6.51. The highest BCUT2D eigenvalue weighted by Crippen LogP contribution is 2.42. The number of benzene rings is 3. The molecule has 1 amide bonds. The van der Waals surface area contributed by atoms with E-state index in [4.69, 9.17) is 13.9 Å². The van der Waals surface area contributed by atoms with Gasteiger partial charge in [-0.1, -0.05) is 30.3 Å². The molecule has 0 radical (unpaired) electrons. The van der Waals surface area contributed by atoms with Crippen molar-refractivity contribution in [3.8, 4) is 5.75 Å².